The molecule has 0 aliphatic carbocycles. The van der Waals surface area contributed by atoms with Gasteiger partial charge in [-0.2, -0.15) is 0 Å². The van der Waals surface area contributed by atoms with Gasteiger partial charge in [0.25, 0.3) is 5.69 Å². The van der Waals surface area contributed by atoms with Crippen LogP contribution in [0.3, 0.4) is 0 Å². The fraction of sp³-hybridized carbons (Fsp3) is 0.143. The number of hydrogen-bond donors (Lipinski definition) is 0. The molecule has 7 heteroatoms. The summed E-state index contributed by atoms with van der Waals surface area (Å²) in [7, 11) is -3.02. The van der Waals surface area contributed by atoms with E-state index >= 15 is 0 Å². The lowest BCUT2D eigenvalue weighted by molar-refractivity contribution is -0.387. The third-order valence-corrected chi connectivity index (χ3v) is 4.73. The highest BCUT2D eigenvalue weighted by Gasteiger charge is 2.23. The van der Waals surface area contributed by atoms with Crippen molar-refractivity contribution in [3.63, 3.8) is 0 Å². The van der Waals surface area contributed by atoms with Gasteiger partial charge in [0.2, 0.25) is 8.87 Å². The van der Waals surface area contributed by atoms with Crippen LogP contribution in [0.4, 0.5) is 5.69 Å². The van der Waals surface area contributed by atoms with Crippen molar-refractivity contribution in [3.05, 3.63) is 34.4 Å². The highest BCUT2D eigenvalue weighted by Crippen LogP contribution is 2.29. The lowest BCUT2D eigenvalue weighted by atomic mass is 10.3. The number of para-hydroxylation sites is 1. The third kappa shape index (κ3) is 2.05. The lowest BCUT2D eigenvalue weighted by Crippen LogP contribution is -2.00. The fourth-order valence-electron chi connectivity index (χ4n) is 0.909. The standard InChI is InChI=1S/C7H7NO4S2/c1-13-14(11,12)7-5-3-2-4-6(7)8(9)10/h2-5H,1H3. The van der Waals surface area contributed by atoms with Crippen molar-refractivity contribution in [1.82, 2.24) is 0 Å². The van der Waals surface area contributed by atoms with E-state index in [2.05, 4.69) is 0 Å². The largest absolute Gasteiger partial charge is 0.288 e. The molecule has 0 fully saturated rings. The van der Waals surface area contributed by atoms with Crippen LogP contribution in [0, 0.1) is 10.1 Å². The summed E-state index contributed by atoms with van der Waals surface area (Å²) in [5.41, 5.74) is -0.387. The molecule has 0 aromatic heterocycles. The molecule has 0 radical (unpaired) electrons. The molecule has 0 atom stereocenters. The first-order valence-corrected chi connectivity index (χ1v) is 6.75. The van der Waals surface area contributed by atoms with Crippen LogP contribution in [0.25, 0.3) is 0 Å². The summed E-state index contributed by atoms with van der Waals surface area (Å²) < 4.78 is 22.8. The molecule has 1 aromatic rings. The molecular formula is C7H7NO4S2. The third-order valence-electron chi connectivity index (χ3n) is 1.55. The van der Waals surface area contributed by atoms with E-state index in [4.69, 9.17) is 0 Å². The first-order chi connectivity index (χ1) is 6.49. The molecule has 1 aromatic carbocycles. The normalized spacial score (nSPS) is 11.2. The molecule has 14 heavy (non-hydrogen) atoms. The zero-order valence-electron chi connectivity index (χ0n) is 7.21. The number of nitrogens with zero attached hydrogens (tertiary/aromatic N) is 1. The van der Waals surface area contributed by atoms with Crippen molar-refractivity contribution < 1.29 is 13.3 Å². The molecule has 0 aliphatic heterocycles. The molecule has 0 aliphatic rings. The van der Waals surface area contributed by atoms with Gasteiger partial charge in [0.1, 0.15) is 0 Å². The second kappa shape index (κ2) is 3.97. The van der Waals surface area contributed by atoms with Gasteiger partial charge in [0.05, 0.1) is 4.92 Å². The minimum atomic E-state index is -3.60. The van der Waals surface area contributed by atoms with Crippen LogP contribution in [0.2, 0.25) is 0 Å². The molecule has 0 saturated heterocycles. The van der Waals surface area contributed by atoms with Crippen LogP contribution in [0.1, 0.15) is 0 Å². The molecule has 0 spiro atoms. The minimum absolute atomic E-state index is 0.252. The maximum Gasteiger partial charge on any atom is 0.288 e. The zero-order valence-corrected chi connectivity index (χ0v) is 8.84. The van der Waals surface area contributed by atoms with Crippen LogP contribution in [-0.4, -0.2) is 19.6 Å². The molecule has 0 amide bonds. The first kappa shape index (κ1) is 11.0. The summed E-state index contributed by atoms with van der Waals surface area (Å²) in [5.74, 6) is 0. The van der Waals surface area contributed by atoms with E-state index in [0.29, 0.717) is 10.8 Å². The van der Waals surface area contributed by atoms with Crippen molar-refractivity contribution in [2.45, 2.75) is 4.90 Å². The molecule has 0 N–H and O–H groups in total. The van der Waals surface area contributed by atoms with Crippen LogP contribution in [0.15, 0.2) is 29.2 Å². The number of hydrogen-bond acceptors (Lipinski definition) is 5. The smallest absolute Gasteiger partial charge is 0.258 e. The predicted molar refractivity (Wildman–Crippen MR) is 53.8 cm³/mol. The molecule has 5 nitrogen and oxygen atoms in total. The van der Waals surface area contributed by atoms with E-state index in [9.17, 15) is 18.5 Å². The Labute approximate surface area is 84.6 Å². The van der Waals surface area contributed by atoms with E-state index in [1.165, 1.54) is 30.5 Å². The van der Waals surface area contributed by atoms with Gasteiger partial charge in [-0.25, -0.2) is 8.42 Å². The summed E-state index contributed by atoms with van der Waals surface area (Å²) >= 11 is 0. The van der Waals surface area contributed by atoms with Crippen molar-refractivity contribution in [3.8, 4) is 0 Å². The van der Waals surface area contributed by atoms with Crippen LogP contribution in [-0.2, 0) is 8.87 Å². The Hall–Kier alpha value is -1.08. The van der Waals surface area contributed by atoms with Gasteiger partial charge < -0.3 is 0 Å². The monoisotopic (exact) mass is 233 g/mol. The average Bonchev–Trinajstić information content (AvgIpc) is 2.18. The lowest BCUT2D eigenvalue weighted by Gasteiger charge is -2.00. The Balaban J connectivity index is 3.42. The average molecular weight is 233 g/mol. The zero-order chi connectivity index (χ0) is 10.8. The van der Waals surface area contributed by atoms with Gasteiger partial charge in [-0.1, -0.05) is 12.1 Å². The quantitative estimate of drug-likeness (QED) is 0.450. The maximum atomic E-state index is 11.4. The second-order valence-corrected chi connectivity index (χ2v) is 6.34. The number of rotatable bonds is 3. The summed E-state index contributed by atoms with van der Waals surface area (Å²) in [6.45, 7) is 0. The van der Waals surface area contributed by atoms with E-state index < -0.39 is 13.8 Å². The Morgan fingerprint density at radius 3 is 2.43 bits per heavy atom. The Bertz CT molecular complexity index is 455. The molecule has 1 rings (SSSR count). The fourth-order valence-corrected chi connectivity index (χ4v) is 2.69. The maximum absolute atomic E-state index is 11.4. The topological polar surface area (TPSA) is 77.3 Å². The van der Waals surface area contributed by atoms with E-state index in [-0.39, 0.29) is 10.6 Å². The molecule has 0 heterocycles. The van der Waals surface area contributed by atoms with E-state index in [1.54, 1.807) is 0 Å². The number of benzene rings is 1. The molecular weight excluding hydrogens is 226 g/mol. The van der Waals surface area contributed by atoms with Crippen molar-refractivity contribution in [2.24, 2.45) is 0 Å². The van der Waals surface area contributed by atoms with E-state index in [1.807, 2.05) is 0 Å². The van der Waals surface area contributed by atoms with Crippen molar-refractivity contribution in [1.29, 1.82) is 0 Å². The van der Waals surface area contributed by atoms with Gasteiger partial charge in [-0.05, 0) is 23.1 Å². The predicted octanol–water partition coefficient (Wildman–Crippen LogP) is 1.65. The number of nitro groups is 1. The Morgan fingerprint density at radius 2 is 1.93 bits per heavy atom. The highest BCUT2D eigenvalue weighted by atomic mass is 33.1. The van der Waals surface area contributed by atoms with Gasteiger partial charge in [0, 0.05) is 6.07 Å². The summed E-state index contributed by atoms with van der Waals surface area (Å²) in [6, 6.07) is 5.28. The summed E-state index contributed by atoms with van der Waals surface area (Å²) in [5, 5.41) is 10.5. The van der Waals surface area contributed by atoms with Crippen molar-refractivity contribution in [2.75, 3.05) is 6.26 Å². The van der Waals surface area contributed by atoms with Crippen molar-refractivity contribution >= 4 is 25.4 Å². The molecule has 0 saturated carbocycles. The Morgan fingerprint density at radius 1 is 1.36 bits per heavy atom. The second-order valence-electron chi connectivity index (χ2n) is 2.35. The van der Waals surface area contributed by atoms with E-state index in [0.717, 1.165) is 0 Å². The van der Waals surface area contributed by atoms with Crippen LogP contribution < -0.4 is 0 Å². The van der Waals surface area contributed by atoms with Crippen LogP contribution >= 0.6 is 10.8 Å². The molecule has 76 valence electrons. The van der Waals surface area contributed by atoms with Gasteiger partial charge in [-0.3, -0.25) is 10.1 Å². The molecule has 0 bridgehead atoms. The highest BCUT2D eigenvalue weighted by molar-refractivity contribution is 8.71. The minimum Gasteiger partial charge on any atom is -0.258 e. The van der Waals surface area contributed by atoms with Crippen LogP contribution in [0.5, 0.6) is 0 Å². The first-order valence-electron chi connectivity index (χ1n) is 3.53. The number of nitro benzene ring substituents is 1. The van der Waals surface area contributed by atoms with Gasteiger partial charge in [0.15, 0.2) is 4.90 Å². The summed E-state index contributed by atoms with van der Waals surface area (Å²) in [6.07, 6.45) is 1.37. The Kier molecular flexibility index (Phi) is 3.12. The van der Waals surface area contributed by atoms with Gasteiger partial charge >= 0.3 is 0 Å². The SMILES string of the molecule is CSS(=O)(=O)c1ccccc1[N+](=O)[O-]. The molecule has 0 unspecified atom stereocenters. The summed E-state index contributed by atoms with van der Waals surface area (Å²) in [4.78, 5) is 9.56. The van der Waals surface area contributed by atoms with Gasteiger partial charge in [-0.15, -0.1) is 0 Å².